The summed E-state index contributed by atoms with van der Waals surface area (Å²) in [6.45, 7) is 6.21. The number of carbonyl (C=O) groups excluding carboxylic acids is 2. The van der Waals surface area contributed by atoms with Gasteiger partial charge in [0, 0.05) is 39.6 Å². The van der Waals surface area contributed by atoms with E-state index < -0.39 is 0 Å². The van der Waals surface area contributed by atoms with Crippen molar-refractivity contribution in [1.29, 1.82) is 0 Å². The molecule has 2 aromatic carbocycles. The first-order valence-corrected chi connectivity index (χ1v) is 13.4. The van der Waals surface area contributed by atoms with Gasteiger partial charge in [-0.05, 0) is 113 Å². The van der Waals surface area contributed by atoms with E-state index in [1.54, 1.807) is 12.1 Å². The molecule has 4 rings (SSSR count). The quantitative estimate of drug-likeness (QED) is 0.421. The Labute approximate surface area is 224 Å². The molecule has 180 valence electrons. The van der Waals surface area contributed by atoms with Gasteiger partial charge in [0.2, 0.25) is 11.8 Å². The third kappa shape index (κ3) is 10.9. The van der Waals surface area contributed by atoms with Crippen LogP contribution in [0, 0.1) is 7.14 Å². The third-order valence-electron chi connectivity index (χ3n) is 5.11. The Hall–Kier alpha value is -1.56. The minimum absolute atomic E-state index is 0.256. The first-order valence-electron chi connectivity index (χ1n) is 11.3. The van der Waals surface area contributed by atoms with Gasteiger partial charge < -0.3 is 19.6 Å². The molecular formula is C25H32I2N2O4. The molecule has 2 heterocycles. The standard InChI is InChI=1S/C12H14INO2.C7H13NO.C6H5IO/c13-10-3-5-11(6-4-10)16-9-8-14-7-1-2-12(14)15;1-2-5-8-6-3-4-7(8)9;7-5-1-3-6(8)4-2-5/h3-6H,1-2,7-9H2;2-6H2,1H3;1-4,8H. The molecule has 0 aliphatic carbocycles. The maximum Gasteiger partial charge on any atom is 0.222 e. The molecule has 0 aromatic heterocycles. The Morgan fingerprint density at radius 2 is 1.30 bits per heavy atom. The van der Waals surface area contributed by atoms with Crippen LogP contribution in [0.1, 0.15) is 39.0 Å². The average Bonchev–Trinajstić information content (AvgIpc) is 3.41. The highest BCUT2D eigenvalue weighted by Gasteiger charge is 2.19. The van der Waals surface area contributed by atoms with Gasteiger partial charge in [0.05, 0.1) is 6.54 Å². The van der Waals surface area contributed by atoms with Crippen LogP contribution in [0.2, 0.25) is 0 Å². The zero-order chi connectivity index (χ0) is 24.1. The molecule has 2 saturated heterocycles. The fourth-order valence-electron chi connectivity index (χ4n) is 3.40. The van der Waals surface area contributed by atoms with Crippen molar-refractivity contribution in [2.45, 2.75) is 39.0 Å². The molecule has 8 heteroatoms. The van der Waals surface area contributed by atoms with Crippen molar-refractivity contribution in [3.8, 4) is 11.5 Å². The molecular weight excluding hydrogens is 646 g/mol. The largest absolute Gasteiger partial charge is 0.508 e. The molecule has 0 atom stereocenters. The summed E-state index contributed by atoms with van der Waals surface area (Å²) in [6.07, 6.45) is 4.62. The van der Waals surface area contributed by atoms with Gasteiger partial charge in [0.25, 0.3) is 0 Å². The Morgan fingerprint density at radius 3 is 1.73 bits per heavy atom. The molecule has 33 heavy (non-hydrogen) atoms. The van der Waals surface area contributed by atoms with E-state index in [1.165, 1.54) is 3.57 Å². The summed E-state index contributed by atoms with van der Waals surface area (Å²) in [4.78, 5) is 26.0. The Balaban J connectivity index is 0.000000192. The lowest BCUT2D eigenvalue weighted by atomic mass is 10.3. The number of phenols is 1. The predicted octanol–water partition coefficient (Wildman–Crippen LogP) is 5.31. The topological polar surface area (TPSA) is 70.1 Å². The van der Waals surface area contributed by atoms with E-state index in [9.17, 15) is 9.59 Å². The van der Waals surface area contributed by atoms with E-state index >= 15 is 0 Å². The minimum atomic E-state index is 0.256. The molecule has 2 fully saturated rings. The van der Waals surface area contributed by atoms with E-state index in [1.807, 2.05) is 46.2 Å². The van der Waals surface area contributed by atoms with Crippen LogP contribution >= 0.6 is 45.2 Å². The summed E-state index contributed by atoms with van der Waals surface area (Å²) in [5.41, 5.74) is 0. The summed E-state index contributed by atoms with van der Waals surface area (Å²) in [7, 11) is 0. The summed E-state index contributed by atoms with van der Waals surface area (Å²) < 4.78 is 7.91. The van der Waals surface area contributed by atoms with Gasteiger partial charge in [0.15, 0.2) is 0 Å². The van der Waals surface area contributed by atoms with Crippen molar-refractivity contribution in [2.24, 2.45) is 0 Å². The molecule has 2 aromatic rings. The van der Waals surface area contributed by atoms with E-state index in [2.05, 4.69) is 52.1 Å². The predicted molar refractivity (Wildman–Crippen MR) is 147 cm³/mol. The van der Waals surface area contributed by atoms with E-state index in [4.69, 9.17) is 9.84 Å². The highest BCUT2D eigenvalue weighted by molar-refractivity contribution is 14.1. The molecule has 2 aliphatic rings. The number of hydrogen-bond donors (Lipinski definition) is 1. The smallest absolute Gasteiger partial charge is 0.222 e. The molecule has 0 unspecified atom stereocenters. The minimum Gasteiger partial charge on any atom is -0.508 e. The number of carbonyl (C=O) groups is 2. The molecule has 0 spiro atoms. The van der Waals surface area contributed by atoms with Crippen LogP contribution in [-0.2, 0) is 9.59 Å². The number of benzene rings is 2. The van der Waals surface area contributed by atoms with Crippen molar-refractivity contribution in [1.82, 2.24) is 9.80 Å². The van der Waals surface area contributed by atoms with Crippen LogP contribution in [0.3, 0.4) is 0 Å². The number of aromatic hydroxyl groups is 1. The van der Waals surface area contributed by atoms with Gasteiger partial charge in [-0.2, -0.15) is 0 Å². The Kier molecular flexibility index (Phi) is 12.9. The van der Waals surface area contributed by atoms with Gasteiger partial charge >= 0.3 is 0 Å². The van der Waals surface area contributed by atoms with Gasteiger partial charge in [0.1, 0.15) is 18.1 Å². The number of ether oxygens (including phenoxy) is 1. The van der Waals surface area contributed by atoms with Crippen molar-refractivity contribution in [3.63, 3.8) is 0 Å². The normalized spacial score (nSPS) is 15.0. The number of likely N-dealkylation sites (tertiary alicyclic amines) is 2. The number of phenolic OH excluding ortho intramolecular Hbond substituents is 1. The van der Waals surface area contributed by atoms with Crippen LogP contribution in [0.4, 0.5) is 0 Å². The second kappa shape index (κ2) is 15.4. The maximum atomic E-state index is 11.3. The van der Waals surface area contributed by atoms with Crippen LogP contribution in [0.25, 0.3) is 0 Å². The lowest BCUT2D eigenvalue weighted by molar-refractivity contribution is -0.128. The Bertz CT molecular complexity index is 839. The van der Waals surface area contributed by atoms with Gasteiger partial charge in [-0.25, -0.2) is 0 Å². The highest BCUT2D eigenvalue weighted by atomic mass is 127. The second-order valence-corrected chi connectivity index (χ2v) is 10.2. The van der Waals surface area contributed by atoms with Gasteiger partial charge in [-0.3, -0.25) is 9.59 Å². The average molecular weight is 678 g/mol. The fraction of sp³-hybridized carbons (Fsp3) is 0.440. The van der Waals surface area contributed by atoms with E-state index in [-0.39, 0.29) is 5.91 Å². The molecule has 0 bridgehead atoms. The summed E-state index contributed by atoms with van der Waals surface area (Å²) in [6, 6.07) is 15.0. The van der Waals surface area contributed by atoms with Crippen LogP contribution in [0.15, 0.2) is 48.5 Å². The molecule has 0 saturated carbocycles. The Morgan fingerprint density at radius 1 is 0.818 bits per heavy atom. The number of amides is 2. The first-order chi connectivity index (χ1) is 15.9. The van der Waals surface area contributed by atoms with Crippen LogP contribution in [-0.4, -0.2) is 59.5 Å². The first kappa shape index (κ1) is 27.7. The molecule has 6 nitrogen and oxygen atoms in total. The number of hydrogen-bond acceptors (Lipinski definition) is 4. The van der Waals surface area contributed by atoms with Crippen molar-refractivity contribution >= 4 is 57.0 Å². The zero-order valence-corrected chi connectivity index (χ0v) is 23.3. The lowest BCUT2D eigenvalue weighted by Crippen LogP contribution is -2.29. The van der Waals surface area contributed by atoms with Crippen molar-refractivity contribution < 1.29 is 19.4 Å². The van der Waals surface area contributed by atoms with Gasteiger partial charge in [-0.1, -0.05) is 6.92 Å². The van der Waals surface area contributed by atoms with Gasteiger partial charge in [-0.15, -0.1) is 0 Å². The summed E-state index contributed by atoms with van der Waals surface area (Å²) in [5.74, 6) is 1.79. The molecule has 0 radical (unpaired) electrons. The highest BCUT2D eigenvalue weighted by Crippen LogP contribution is 2.14. The second-order valence-electron chi connectivity index (χ2n) is 7.75. The number of rotatable bonds is 6. The van der Waals surface area contributed by atoms with Crippen LogP contribution < -0.4 is 4.74 Å². The number of nitrogens with zero attached hydrogens (tertiary/aromatic N) is 2. The third-order valence-corrected chi connectivity index (χ3v) is 6.54. The lowest BCUT2D eigenvalue weighted by Gasteiger charge is -2.15. The van der Waals surface area contributed by atoms with E-state index in [0.717, 1.165) is 54.6 Å². The molecule has 1 N–H and O–H groups in total. The van der Waals surface area contributed by atoms with Crippen molar-refractivity contribution in [2.75, 3.05) is 32.8 Å². The SMILES string of the molecule is CCCN1CCCC1=O.O=C1CCCN1CCOc1ccc(I)cc1.Oc1ccc(I)cc1. The zero-order valence-electron chi connectivity index (χ0n) is 19.0. The summed E-state index contributed by atoms with van der Waals surface area (Å²) in [5, 5.41) is 8.75. The number of halogens is 2. The fourth-order valence-corrected chi connectivity index (χ4v) is 4.12. The monoisotopic (exact) mass is 678 g/mol. The molecule has 2 amide bonds. The van der Waals surface area contributed by atoms with Crippen LogP contribution in [0.5, 0.6) is 11.5 Å². The van der Waals surface area contributed by atoms with Crippen molar-refractivity contribution in [3.05, 3.63) is 55.7 Å². The van der Waals surface area contributed by atoms with E-state index in [0.29, 0.717) is 31.2 Å². The maximum absolute atomic E-state index is 11.3. The molecule has 2 aliphatic heterocycles. The summed E-state index contributed by atoms with van der Waals surface area (Å²) >= 11 is 4.44.